The van der Waals surface area contributed by atoms with E-state index in [4.69, 9.17) is 4.52 Å². The van der Waals surface area contributed by atoms with E-state index in [2.05, 4.69) is 37.3 Å². The molecule has 4 aromatic rings. The normalized spacial score (nSPS) is 14.6. The minimum absolute atomic E-state index is 0.483. The summed E-state index contributed by atoms with van der Waals surface area (Å²) < 4.78 is 9.75. The quantitative estimate of drug-likeness (QED) is 0.332. The monoisotopic (exact) mass is 471 g/mol. The van der Waals surface area contributed by atoms with Gasteiger partial charge in [-0.3, -0.25) is 4.98 Å². The van der Waals surface area contributed by atoms with E-state index >= 15 is 0 Å². The Morgan fingerprint density at radius 1 is 1.06 bits per heavy atom. The predicted molar refractivity (Wildman–Crippen MR) is 132 cm³/mol. The van der Waals surface area contributed by atoms with E-state index in [0.29, 0.717) is 18.1 Å². The van der Waals surface area contributed by atoms with Gasteiger partial charge < -0.3 is 14.2 Å². The molecular formula is C26H25N5O2S. The van der Waals surface area contributed by atoms with Gasteiger partial charge in [-0.05, 0) is 49.7 Å². The van der Waals surface area contributed by atoms with Crippen LogP contribution in [-0.4, -0.2) is 41.4 Å². The van der Waals surface area contributed by atoms with Crippen molar-refractivity contribution in [2.24, 2.45) is 0 Å². The first-order chi connectivity index (χ1) is 16.6. The van der Waals surface area contributed by atoms with Crippen LogP contribution in [0.4, 0.5) is 0 Å². The lowest BCUT2D eigenvalue weighted by Crippen LogP contribution is -2.11. The lowest BCUT2D eigenvalue weighted by molar-refractivity contribution is 0.184. The van der Waals surface area contributed by atoms with Crippen molar-refractivity contribution < 1.29 is 9.63 Å². The number of aliphatic hydroxyl groups is 1. The number of benzene rings is 1. The molecule has 3 aromatic heterocycles. The number of nitrogens with zero attached hydrogens (tertiary/aromatic N) is 5. The molecule has 1 aliphatic rings. The van der Waals surface area contributed by atoms with Gasteiger partial charge in [0.25, 0.3) is 0 Å². The fraction of sp³-hybridized carbons (Fsp3) is 0.269. The third-order valence-corrected chi connectivity index (χ3v) is 6.67. The summed E-state index contributed by atoms with van der Waals surface area (Å²) in [5.41, 5.74) is 4.58. The number of imidazole rings is 1. The molecule has 0 unspecified atom stereocenters. The largest absolute Gasteiger partial charge is 0.385 e. The van der Waals surface area contributed by atoms with Gasteiger partial charge in [-0.15, -0.1) is 0 Å². The molecule has 4 heterocycles. The number of hydrogen-bond acceptors (Lipinski definition) is 7. The highest BCUT2D eigenvalue weighted by molar-refractivity contribution is 7.97. The fourth-order valence-corrected chi connectivity index (χ4v) is 4.78. The van der Waals surface area contributed by atoms with Crippen LogP contribution >= 0.6 is 11.9 Å². The zero-order chi connectivity index (χ0) is 23.3. The first-order valence-electron chi connectivity index (χ1n) is 11.2. The SMILES string of the molecule is C[C@H](O)c1nccn1Cc1cc(-c2ccc(C#Cc3ccc(CN4CCCS4)nc3)cc2)on1. The second-order valence-corrected chi connectivity index (χ2v) is 9.37. The molecular weight excluding hydrogens is 446 g/mol. The molecule has 1 aliphatic heterocycles. The van der Waals surface area contributed by atoms with E-state index in [0.717, 1.165) is 41.2 Å². The van der Waals surface area contributed by atoms with Crippen LogP contribution in [0.25, 0.3) is 11.3 Å². The van der Waals surface area contributed by atoms with Crippen molar-refractivity contribution in [2.45, 2.75) is 32.5 Å². The second kappa shape index (κ2) is 10.3. The third-order valence-electron chi connectivity index (χ3n) is 5.52. The van der Waals surface area contributed by atoms with Crippen molar-refractivity contribution in [1.82, 2.24) is 24.0 Å². The highest BCUT2D eigenvalue weighted by Gasteiger charge is 2.13. The summed E-state index contributed by atoms with van der Waals surface area (Å²) in [6.45, 7) is 4.19. The molecule has 172 valence electrons. The minimum atomic E-state index is -0.641. The number of aliphatic hydroxyl groups excluding tert-OH is 1. The molecule has 1 N–H and O–H groups in total. The number of rotatable bonds is 6. The topological polar surface area (TPSA) is 80.2 Å². The van der Waals surface area contributed by atoms with Crippen LogP contribution in [0.3, 0.4) is 0 Å². The van der Waals surface area contributed by atoms with Crippen molar-refractivity contribution in [3.05, 3.63) is 89.4 Å². The number of hydrogen-bond donors (Lipinski definition) is 1. The molecule has 0 spiro atoms. The maximum Gasteiger partial charge on any atom is 0.167 e. The summed E-state index contributed by atoms with van der Waals surface area (Å²) in [5.74, 6) is 8.88. The fourth-order valence-electron chi connectivity index (χ4n) is 3.78. The van der Waals surface area contributed by atoms with Gasteiger partial charge in [0.05, 0.1) is 18.8 Å². The summed E-state index contributed by atoms with van der Waals surface area (Å²) in [6.07, 6.45) is 5.94. The predicted octanol–water partition coefficient (Wildman–Crippen LogP) is 4.29. The average Bonchev–Trinajstić information content (AvgIpc) is 3.62. The molecule has 0 bridgehead atoms. The van der Waals surface area contributed by atoms with Crippen molar-refractivity contribution >= 4 is 11.9 Å². The van der Waals surface area contributed by atoms with Crippen molar-refractivity contribution in [1.29, 1.82) is 0 Å². The molecule has 0 saturated carbocycles. The zero-order valence-corrected chi connectivity index (χ0v) is 19.7. The van der Waals surface area contributed by atoms with Crippen molar-refractivity contribution in [3.63, 3.8) is 0 Å². The van der Waals surface area contributed by atoms with Crippen LogP contribution in [0.15, 0.2) is 65.6 Å². The summed E-state index contributed by atoms with van der Waals surface area (Å²) >= 11 is 1.89. The number of aromatic nitrogens is 4. The van der Waals surface area contributed by atoms with Gasteiger partial charge in [0.1, 0.15) is 17.6 Å². The van der Waals surface area contributed by atoms with Gasteiger partial charge in [0.2, 0.25) is 0 Å². The van der Waals surface area contributed by atoms with Crippen LogP contribution in [0, 0.1) is 11.8 Å². The molecule has 1 aromatic carbocycles. The lowest BCUT2D eigenvalue weighted by Gasteiger charge is -2.11. The van der Waals surface area contributed by atoms with E-state index in [-0.39, 0.29) is 0 Å². The second-order valence-electron chi connectivity index (χ2n) is 8.19. The standard InChI is InChI=1S/C26H25N5O2S/c1-19(32)26-27-11-13-30(26)17-24-15-25(33-29-24)22-8-5-20(6-9-22)3-4-21-7-10-23(28-16-21)18-31-12-2-14-34-31/h5-11,13,15-16,19,32H,2,12,14,17-18H2,1H3/t19-/m0/s1. The van der Waals surface area contributed by atoms with Crippen LogP contribution in [-0.2, 0) is 13.1 Å². The van der Waals surface area contributed by atoms with Gasteiger partial charge in [0.15, 0.2) is 5.76 Å². The molecule has 0 aliphatic carbocycles. The van der Waals surface area contributed by atoms with E-state index in [9.17, 15) is 5.11 Å². The van der Waals surface area contributed by atoms with Gasteiger partial charge in [0, 0.05) is 53.6 Å². The highest BCUT2D eigenvalue weighted by Crippen LogP contribution is 2.23. The van der Waals surface area contributed by atoms with Crippen LogP contribution in [0.2, 0.25) is 0 Å². The number of pyridine rings is 1. The van der Waals surface area contributed by atoms with Gasteiger partial charge >= 0.3 is 0 Å². The van der Waals surface area contributed by atoms with Crippen LogP contribution in [0.5, 0.6) is 0 Å². The van der Waals surface area contributed by atoms with Gasteiger partial charge in [-0.2, -0.15) is 0 Å². The average molecular weight is 472 g/mol. The Morgan fingerprint density at radius 3 is 2.62 bits per heavy atom. The molecule has 7 nitrogen and oxygen atoms in total. The Kier molecular flexibility index (Phi) is 6.77. The summed E-state index contributed by atoms with van der Waals surface area (Å²) in [4.78, 5) is 8.74. The van der Waals surface area contributed by atoms with Crippen LogP contribution < -0.4 is 0 Å². The summed E-state index contributed by atoms with van der Waals surface area (Å²) in [6, 6.07) is 13.9. The van der Waals surface area contributed by atoms with E-state index in [1.54, 1.807) is 13.1 Å². The Bertz CT molecular complexity index is 1290. The minimum Gasteiger partial charge on any atom is -0.385 e. The van der Waals surface area contributed by atoms with E-state index in [1.165, 1.54) is 12.2 Å². The maximum absolute atomic E-state index is 9.82. The van der Waals surface area contributed by atoms with Gasteiger partial charge in [-0.1, -0.05) is 28.9 Å². The summed E-state index contributed by atoms with van der Waals surface area (Å²) in [7, 11) is 0. The Hall–Kier alpha value is -3.38. The smallest absolute Gasteiger partial charge is 0.167 e. The Labute approximate surface area is 203 Å². The van der Waals surface area contributed by atoms with E-state index in [1.807, 2.05) is 65.3 Å². The Balaban J connectivity index is 1.22. The van der Waals surface area contributed by atoms with Crippen LogP contribution in [0.1, 0.15) is 47.8 Å². The Morgan fingerprint density at radius 2 is 1.88 bits per heavy atom. The molecule has 5 rings (SSSR count). The van der Waals surface area contributed by atoms with Crippen molar-refractivity contribution in [3.8, 4) is 23.2 Å². The van der Waals surface area contributed by atoms with Crippen molar-refractivity contribution in [2.75, 3.05) is 12.3 Å². The molecule has 1 atom stereocenters. The summed E-state index contributed by atoms with van der Waals surface area (Å²) in [5, 5.41) is 14.0. The van der Waals surface area contributed by atoms with Gasteiger partial charge in [-0.25, -0.2) is 9.29 Å². The molecule has 8 heteroatoms. The molecule has 1 saturated heterocycles. The van der Waals surface area contributed by atoms with E-state index < -0.39 is 6.10 Å². The first-order valence-corrected chi connectivity index (χ1v) is 12.2. The molecule has 0 radical (unpaired) electrons. The maximum atomic E-state index is 9.82. The third kappa shape index (κ3) is 5.39. The molecule has 1 fully saturated rings. The zero-order valence-electron chi connectivity index (χ0n) is 18.9. The molecule has 34 heavy (non-hydrogen) atoms. The lowest BCUT2D eigenvalue weighted by atomic mass is 10.1. The highest BCUT2D eigenvalue weighted by atomic mass is 32.2. The molecule has 0 amide bonds. The first kappa shape index (κ1) is 22.4.